The zero-order valence-electron chi connectivity index (χ0n) is 28.0. The number of benzene rings is 1. The number of nitrogens with zero attached hydrogens (tertiary/aromatic N) is 8. The Balaban J connectivity index is 1.04. The quantitative estimate of drug-likeness (QED) is 0.251. The summed E-state index contributed by atoms with van der Waals surface area (Å²) in [6.07, 6.45) is 4.87. The largest absolute Gasteiger partial charge is 0.364 e. The van der Waals surface area contributed by atoms with Crippen molar-refractivity contribution >= 4 is 52.3 Å². The van der Waals surface area contributed by atoms with Crippen molar-refractivity contribution in [2.24, 2.45) is 5.92 Å². The Morgan fingerprint density at radius 1 is 0.980 bits per heavy atom. The van der Waals surface area contributed by atoms with Gasteiger partial charge in [0.15, 0.2) is 11.5 Å². The number of para-hydroxylation sites is 1. The summed E-state index contributed by atoms with van der Waals surface area (Å²) in [5.41, 5.74) is 5.50. The molecular weight excluding hydrogens is 638 g/mol. The maximum atomic E-state index is 13.4. The molecule has 1 aliphatic carbocycles. The van der Waals surface area contributed by atoms with E-state index in [0.29, 0.717) is 43.3 Å². The topological polar surface area (TPSA) is 171 Å². The molecule has 4 aliphatic rings. The van der Waals surface area contributed by atoms with Crippen LogP contribution in [-0.4, -0.2) is 87.2 Å². The number of hydrogen-bond donors (Lipinski definition) is 3. The van der Waals surface area contributed by atoms with Crippen molar-refractivity contribution in [2.75, 3.05) is 54.2 Å². The highest BCUT2D eigenvalue weighted by atomic mass is 16.2. The van der Waals surface area contributed by atoms with E-state index in [0.717, 1.165) is 47.5 Å². The molecule has 3 aromatic heterocycles. The first-order valence-electron chi connectivity index (χ1n) is 16.9. The summed E-state index contributed by atoms with van der Waals surface area (Å²) in [6, 6.07) is 12.7. The summed E-state index contributed by atoms with van der Waals surface area (Å²) >= 11 is 0. The SMILES string of the molecule is CNC(=O)c1nnc(NC(=O)C2CC2)cc1Nc1cccc2c1N(C)C(C)c1c-2cnn1C1CN(C(=O)c2cccc(N3CCCC3=O)n2)C1. The minimum absolute atomic E-state index is 0.00738. The molecule has 4 amide bonds. The Morgan fingerprint density at radius 3 is 2.52 bits per heavy atom. The average molecular weight is 676 g/mol. The fourth-order valence-corrected chi connectivity index (χ4v) is 6.98. The fourth-order valence-electron chi connectivity index (χ4n) is 6.98. The van der Waals surface area contributed by atoms with E-state index in [1.807, 2.05) is 36.1 Å². The van der Waals surface area contributed by atoms with Crippen molar-refractivity contribution in [3.8, 4) is 11.1 Å². The van der Waals surface area contributed by atoms with Crippen molar-refractivity contribution in [3.05, 3.63) is 65.7 Å². The number of hydrogen-bond acceptors (Lipinski definition) is 10. The number of pyridine rings is 1. The molecule has 0 spiro atoms. The summed E-state index contributed by atoms with van der Waals surface area (Å²) < 4.78 is 2.03. The van der Waals surface area contributed by atoms with Gasteiger partial charge in [-0.05, 0) is 44.4 Å². The van der Waals surface area contributed by atoms with E-state index < -0.39 is 5.91 Å². The first-order valence-corrected chi connectivity index (χ1v) is 16.9. The normalized spacial score (nSPS) is 18.3. The molecule has 1 atom stereocenters. The predicted octanol–water partition coefficient (Wildman–Crippen LogP) is 3.52. The number of carbonyl (C=O) groups is 4. The highest BCUT2D eigenvalue weighted by Gasteiger charge is 2.39. The fraction of sp³-hybridized carbons (Fsp3) is 0.371. The standard InChI is InChI=1S/C35H37N11O4/c1-19-31-23(16-37-46(31)21-17-44(18-21)35(50)25-9-5-10-28(39-25)45-14-6-11-29(45)47)22-7-4-8-24(32(22)43(19)3)38-26-15-27(40-33(48)20-12-13-20)41-42-30(26)34(49)36-2/h4-5,7-10,15-16,19-21H,6,11-14,17-18H2,1-3H3,(H,36,49)(H2,38,40,41,48). The van der Waals surface area contributed by atoms with Crippen molar-refractivity contribution in [1.29, 1.82) is 0 Å². The zero-order valence-corrected chi connectivity index (χ0v) is 28.0. The van der Waals surface area contributed by atoms with E-state index in [-0.39, 0.29) is 47.2 Å². The molecule has 6 heterocycles. The van der Waals surface area contributed by atoms with Crippen LogP contribution in [0.5, 0.6) is 0 Å². The summed E-state index contributed by atoms with van der Waals surface area (Å²) in [5, 5.41) is 21.9. The van der Waals surface area contributed by atoms with Crippen molar-refractivity contribution in [2.45, 2.75) is 44.7 Å². The first kappa shape index (κ1) is 31.4. The molecule has 1 unspecified atom stereocenters. The molecule has 256 valence electrons. The summed E-state index contributed by atoms with van der Waals surface area (Å²) in [5.74, 6) is 0.130. The maximum absolute atomic E-state index is 13.4. The lowest BCUT2D eigenvalue weighted by Gasteiger charge is -2.42. The predicted molar refractivity (Wildman–Crippen MR) is 185 cm³/mol. The number of fused-ring (bicyclic) bond motifs is 3. The number of amides is 4. The summed E-state index contributed by atoms with van der Waals surface area (Å²) in [7, 11) is 3.54. The van der Waals surface area contributed by atoms with Crippen LogP contribution in [0.4, 0.5) is 28.7 Å². The lowest BCUT2D eigenvalue weighted by Crippen LogP contribution is -2.52. The molecule has 15 heteroatoms. The molecule has 2 saturated heterocycles. The smallest absolute Gasteiger partial charge is 0.273 e. The molecule has 1 saturated carbocycles. The highest BCUT2D eigenvalue weighted by Crippen LogP contribution is 2.49. The molecule has 15 nitrogen and oxygen atoms in total. The van der Waals surface area contributed by atoms with Crippen LogP contribution in [0, 0.1) is 5.92 Å². The zero-order chi connectivity index (χ0) is 34.7. The Labute approximate surface area is 288 Å². The van der Waals surface area contributed by atoms with Gasteiger partial charge in [0.1, 0.15) is 11.5 Å². The molecule has 3 N–H and O–H groups in total. The third-order valence-corrected chi connectivity index (χ3v) is 9.99. The second-order valence-corrected chi connectivity index (χ2v) is 13.2. The minimum Gasteiger partial charge on any atom is -0.364 e. The van der Waals surface area contributed by atoms with Gasteiger partial charge >= 0.3 is 0 Å². The van der Waals surface area contributed by atoms with Crippen LogP contribution in [0.1, 0.15) is 71.4 Å². The Hall–Kier alpha value is -5.86. The van der Waals surface area contributed by atoms with Crippen LogP contribution in [0.2, 0.25) is 0 Å². The van der Waals surface area contributed by atoms with Crippen molar-refractivity contribution < 1.29 is 19.2 Å². The Bertz CT molecular complexity index is 2050. The first-order chi connectivity index (χ1) is 24.2. The average Bonchev–Trinajstić information content (AvgIpc) is 3.73. The lowest BCUT2D eigenvalue weighted by molar-refractivity contribution is -0.118. The van der Waals surface area contributed by atoms with Crippen molar-refractivity contribution in [1.82, 2.24) is 35.2 Å². The molecule has 8 rings (SSSR count). The molecule has 50 heavy (non-hydrogen) atoms. The van der Waals surface area contributed by atoms with Crippen LogP contribution in [0.15, 0.2) is 48.7 Å². The molecule has 3 fully saturated rings. The number of nitrogens with one attached hydrogen (secondary N) is 3. The Kier molecular flexibility index (Phi) is 7.68. The minimum atomic E-state index is -0.409. The monoisotopic (exact) mass is 675 g/mol. The molecule has 0 bridgehead atoms. The molecular formula is C35H37N11O4. The van der Waals surface area contributed by atoms with E-state index in [1.54, 1.807) is 34.1 Å². The molecule has 0 radical (unpaired) electrons. The Morgan fingerprint density at radius 2 is 1.78 bits per heavy atom. The van der Waals surface area contributed by atoms with Gasteiger partial charge in [-0.3, -0.25) is 28.8 Å². The summed E-state index contributed by atoms with van der Waals surface area (Å²) in [4.78, 5) is 60.9. The highest BCUT2D eigenvalue weighted by molar-refractivity contribution is 6.01. The van der Waals surface area contributed by atoms with Crippen molar-refractivity contribution in [3.63, 3.8) is 0 Å². The second-order valence-electron chi connectivity index (χ2n) is 13.2. The van der Waals surface area contributed by atoms with E-state index in [4.69, 9.17) is 5.10 Å². The van der Waals surface area contributed by atoms with Crippen LogP contribution >= 0.6 is 0 Å². The third kappa shape index (κ3) is 5.38. The third-order valence-electron chi connectivity index (χ3n) is 9.99. The van der Waals surface area contributed by atoms with Gasteiger partial charge in [-0.15, -0.1) is 10.2 Å². The lowest BCUT2D eigenvalue weighted by atomic mass is 9.93. The van der Waals surface area contributed by atoms with E-state index in [9.17, 15) is 19.2 Å². The van der Waals surface area contributed by atoms with Crippen LogP contribution in [0.25, 0.3) is 11.1 Å². The second kappa shape index (κ2) is 12.2. The number of likely N-dealkylation sites (tertiary alicyclic amines) is 1. The number of anilines is 5. The van der Waals surface area contributed by atoms with Gasteiger partial charge in [0.05, 0.1) is 41.0 Å². The van der Waals surface area contributed by atoms with Crippen LogP contribution in [-0.2, 0) is 9.59 Å². The van der Waals surface area contributed by atoms with Crippen LogP contribution in [0.3, 0.4) is 0 Å². The maximum Gasteiger partial charge on any atom is 0.273 e. The van der Waals surface area contributed by atoms with Gasteiger partial charge < -0.3 is 25.8 Å². The molecule has 1 aromatic carbocycles. The summed E-state index contributed by atoms with van der Waals surface area (Å²) in [6.45, 7) is 3.71. The van der Waals surface area contributed by atoms with Gasteiger partial charge in [0, 0.05) is 63.3 Å². The molecule has 3 aliphatic heterocycles. The van der Waals surface area contributed by atoms with Gasteiger partial charge in [0.25, 0.3) is 11.8 Å². The van der Waals surface area contributed by atoms with Gasteiger partial charge in [-0.1, -0.05) is 18.2 Å². The number of aromatic nitrogens is 5. The number of carbonyl (C=O) groups excluding carboxylic acids is 4. The van der Waals surface area contributed by atoms with Gasteiger partial charge in [0.2, 0.25) is 11.8 Å². The van der Waals surface area contributed by atoms with Crippen LogP contribution < -0.4 is 25.8 Å². The number of rotatable bonds is 8. The van der Waals surface area contributed by atoms with E-state index in [1.165, 1.54) is 7.05 Å². The van der Waals surface area contributed by atoms with E-state index in [2.05, 4.69) is 43.0 Å². The molecule has 4 aromatic rings. The van der Waals surface area contributed by atoms with E-state index >= 15 is 0 Å². The van der Waals surface area contributed by atoms with Gasteiger partial charge in [-0.2, -0.15) is 5.10 Å². The van der Waals surface area contributed by atoms with Gasteiger partial charge in [-0.25, -0.2) is 4.98 Å².